The Hall–Kier alpha value is -0.650. The van der Waals surface area contributed by atoms with E-state index in [-0.39, 0.29) is 5.91 Å². The fourth-order valence-corrected chi connectivity index (χ4v) is 3.26. The molecule has 5 heteroatoms. The van der Waals surface area contributed by atoms with Gasteiger partial charge in [-0.1, -0.05) is 6.92 Å². The highest BCUT2D eigenvalue weighted by Gasteiger charge is 2.21. The van der Waals surface area contributed by atoms with Crippen LogP contribution in [0, 0.1) is 17.8 Å². The molecule has 1 amide bonds. The third kappa shape index (κ3) is 6.63. The van der Waals surface area contributed by atoms with Crippen LogP contribution in [0.15, 0.2) is 0 Å². The molecule has 2 fully saturated rings. The molecule has 2 N–H and O–H groups in total. The maximum absolute atomic E-state index is 11.9. The van der Waals surface area contributed by atoms with Crippen molar-refractivity contribution in [3.63, 3.8) is 0 Å². The van der Waals surface area contributed by atoms with Crippen LogP contribution >= 0.6 is 0 Å². The van der Waals surface area contributed by atoms with Gasteiger partial charge in [0.25, 0.3) is 0 Å². The molecule has 0 aromatic carbocycles. The van der Waals surface area contributed by atoms with E-state index in [1.165, 1.54) is 12.8 Å². The maximum Gasteiger partial charge on any atom is 0.220 e. The third-order valence-electron chi connectivity index (χ3n) is 4.81. The van der Waals surface area contributed by atoms with E-state index in [1.54, 1.807) is 0 Å². The molecule has 0 aromatic heterocycles. The second-order valence-corrected chi connectivity index (χ2v) is 6.80. The van der Waals surface area contributed by atoms with E-state index in [9.17, 15) is 4.79 Å². The van der Waals surface area contributed by atoms with Gasteiger partial charge in [-0.2, -0.15) is 0 Å². The Morgan fingerprint density at radius 1 is 1.45 bits per heavy atom. The number of ether oxygens (including phenoxy) is 2. The first kappa shape index (κ1) is 17.7. The molecule has 0 spiro atoms. The van der Waals surface area contributed by atoms with E-state index in [0.29, 0.717) is 24.2 Å². The fourth-order valence-electron chi connectivity index (χ4n) is 3.26. The Morgan fingerprint density at radius 2 is 2.36 bits per heavy atom. The number of carbonyl (C=O) groups is 1. The largest absolute Gasteiger partial charge is 0.381 e. The minimum Gasteiger partial charge on any atom is -0.381 e. The summed E-state index contributed by atoms with van der Waals surface area (Å²) < 4.78 is 10.9. The first-order chi connectivity index (χ1) is 10.8. The molecule has 2 rings (SSSR count). The molecule has 2 aliphatic rings. The van der Waals surface area contributed by atoms with Crippen LogP contribution in [0.5, 0.6) is 0 Å². The van der Waals surface area contributed by atoms with Crippen molar-refractivity contribution in [1.29, 1.82) is 0 Å². The van der Waals surface area contributed by atoms with Crippen LogP contribution in [0.3, 0.4) is 0 Å². The van der Waals surface area contributed by atoms with Crippen molar-refractivity contribution >= 4 is 5.91 Å². The lowest BCUT2D eigenvalue weighted by atomic mass is 9.85. The molecule has 0 saturated carbocycles. The summed E-state index contributed by atoms with van der Waals surface area (Å²) >= 11 is 0. The summed E-state index contributed by atoms with van der Waals surface area (Å²) in [6, 6.07) is 0. The van der Waals surface area contributed by atoms with Crippen molar-refractivity contribution in [2.24, 2.45) is 17.8 Å². The van der Waals surface area contributed by atoms with Crippen molar-refractivity contribution in [2.75, 3.05) is 46.1 Å². The van der Waals surface area contributed by atoms with Crippen molar-refractivity contribution in [1.82, 2.24) is 10.6 Å². The first-order valence-corrected chi connectivity index (χ1v) is 8.88. The van der Waals surface area contributed by atoms with Crippen LogP contribution in [0.1, 0.15) is 39.0 Å². The Kier molecular flexibility index (Phi) is 8.20. The summed E-state index contributed by atoms with van der Waals surface area (Å²) in [5, 5.41) is 6.44. The molecule has 3 unspecified atom stereocenters. The molecule has 22 heavy (non-hydrogen) atoms. The van der Waals surface area contributed by atoms with Gasteiger partial charge in [-0.3, -0.25) is 4.79 Å². The van der Waals surface area contributed by atoms with Gasteiger partial charge < -0.3 is 20.1 Å². The number of amides is 1. The summed E-state index contributed by atoms with van der Waals surface area (Å²) in [5.41, 5.74) is 0. The number of piperidine rings is 1. The fraction of sp³-hybridized carbons (Fsp3) is 0.941. The molecule has 0 aliphatic carbocycles. The number of hydrogen-bond acceptors (Lipinski definition) is 4. The van der Waals surface area contributed by atoms with Crippen molar-refractivity contribution in [2.45, 2.75) is 39.0 Å². The van der Waals surface area contributed by atoms with Crippen LogP contribution < -0.4 is 10.6 Å². The molecule has 2 aliphatic heterocycles. The van der Waals surface area contributed by atoms with E-state index >= 15 is 0 Å². The first-order valence-electron chi connectivity index (χ1n) is 8.88. The smallest absolute Gasteiger partial charge is 0.220 e. The third-order valence-corrected chi connectivity index (χ3v) is 4.81. The second kappa shape index (κ2) is 10.2. The standard InChI is InChI=1S/C17H32N2O3/c1-14(16-4-2-6-18-11-16)10-17(20)19-7-3-8-21-12-15-5-9-22-13-15/h14-16,18H,2-13H2,1H3,(H,19,20). The molecule has 0 radical (unpaired) electrons. The molecular formula is C17H32N2O3. The second-order valence-electron chi connectivity index (χ2n) is 6.80. The van der Waals surface area contributed by atoms with E-state index in [1.807, 2.05) is 0 Å². The van der Waals surface area contributed by atoms with Gasteiger partial charge in [0.05, 0.1) is 13.2 Å². The maximum atomic E-state index is 11.9. The lowest BCUT2D eigenvalue weighted by Crippen LogP contribution is -2.35. The van der Waals surface area contributed by atoms with E-state index in [0.717, 1.165) is 58.9 Å². The van der Waals surface area contributed by atoms with Crippen molar-refractivity contribution in [3.05, 3.63) is 0 Å². The molecule has 3 atom stereocenters. The van der Waals surface area contributed by atoms with Gasteiger partial charge in [0, 0.05) is 32.1 Å². The van der Waals surface area contributed by atoms with Gasteiger partial charge in [0.1, 0.15) is 0 Å². The van der Waals surface area contributed by atoms with Crippen LogP contribution in [-0.4, -0.2) is 52.0 Å². The van der Waals surface area contributed by atoms with Crippen molar-refractivity contribution < 1.29 is 14.3 Å². The summed E-state index contributed by atoms with van der Waals surface area (Å²) in [6.07, 6.45) is 5.14. The van der Waals surface area contributed by atoms with E-state index in [4.69, 9.17) is 9.47 Å². The Morgan fingerprint density at radius 3 is 3.09 bits per heavy atom. The Balaban J connectivity index is 1.44. The van der Waals surface area contributed by atoms with Gasteiger partial charge in [0.15, 0.2) is 0 Å². The number of nitrogens with one attached hydrogen (secondary N) is 2. The van der Waals surface area contributed by atoms with E-state index in [2.05, 4.69) is 17.6 Å². The predicted molar refractivity (Wildman–Crippen MR) is 86.7 cm³/mol. The van der Waals surface area contributed by atoms with Crippen molar-refractivity contribution in [3.8, 4) is 0 Å². The van der Waals surface area contributed by atoms with Gasteiger partial charge in [-0.15, -0.1) is 0 Å². The molecule has 2 saturated heterocycles. The predicted octanol–water partition coefficient (Wildman–Crippen LogP) is 1.57. The highest BCUT2D eigenvalue weighted by molar-refractivity contribution is 5.76. The average Bonchev–Trinajstić information content (AvgIpc) is 3.05. The highest BCUT2D eigenvalue weighted by atomic mass is 16.5. The molecular weight excluding hydrogens is 280 g/mol. The van der Waals surface area contributed by atoms with Crippen LogP contribution in [0.25, 0.3) is 0 Å². The number of rotatable bonds is 9. The van der Waals surface area contributed by atoms with Gasteiger partial charge in [0.2, 0.25) is 5.91 Å². The van der Waals surface area contributed by atoms with Gasteiger partial charge in [-0.05, 0) is 50.6 Å². The zero-order valence-electron chi connectivity index (χ0n) is 13.9. The summed E-state index contributed by atoms with van der Waals surface area (Å²) in [4.78, 5) is 11.9. The highest BCUT2D eigenvalue weighted by Crippen LogP contribution is 2.22. The monoisotopic (exact) mass is 312 g/mol. The molecule has 0 aromatic rings. The Bertz CT molecular complexity index is 313. The van der Waals surface area contributed by atoms with Gasteiger partial charge >= 0.3 is 0 Å². The van der Waals surface area contributed by atoms with Crippen LogP contribution in [0.2, 0.25) is 0 Å². The normalized spacial score (nSPS) is 26.8. The summed E-state index contributed by atoms with van der Waals surface area (Å²) in [5.74, 6) is 1.87. The lowest BCUT2D eigenvalue weighted by molar-refractivity contribution is -0.122. The topological polar surface area (TPSA) is 59.6 Å². The minimum absolute atomic E-state index is 0.183. The SMILES string of the molecule is CC(CC(=O)NCCCOCC1CCOC1)C1CCCNC1. The number of carbonyl (C=O) groups excluding carboxylic acids is 1. The zero-order valence-corrected chi connectivity index (χ0v) is 13.9. The van der Waals surface area contributed by atoms with Gasteiger partial charge in [-0.25, -0.2) is 0 Å². The lowest BCUT2D eigenvalue weighted by Gasteiger charge is -2.28. The Labute approximate surface area is 134 Å². The van der Waals surface area contributed by atoms with Crippen LogP contribution in [0.4, 0.5) is 0 Å². The molecule has 0 bridgehead atoms. The molecule has 128 valence electrons. The van der Waals surface area contributed by atoms with Crippen LogP contribution in [-0.2, 0) is 14.3 Å². The molecule has 2 heterocycles. The number of hydrogen-bond donors (Lipinski definition) is 2. The minimum atomic E-state index is 0.183. The quantitative estimate of drug-likeness (QED) is 0.635. The summed E-state index contributed by atoms with van der Waals surface area (Å²) in [6.45, 7) is 8.33. The van der Waals surface area contributed by atoms with E-state index < -0.39 is 0 Å². The average molecular weight is 312 g/mol. The summed E-state index contributed by atoms with van der Waals surface area (Å²) in [7, 11) is 0. The zero-order chi connectivity index (χ0) is 15.6. The molecule has 5 nitrogen and oxygen atoms in total.